The molecule has 1 aromatic rings. The number of nitrogens with zero attached hydrogens (tertiary/aromatic N) is 3. The molecule has 0 N–H and O–H groups in total. The lowest BCUT2D eigenvalue weighted by atomic mass is 10.00. The summed E-state index contributed by atoms with van der Waals surface area (Å²) >= 11 is 0. The largest absolute Gasteiger partial charge is 0.481 e. The molecular formula is C17H27N3O5. The highest BCUT2D eigenvalue weighted by molar-refractivity contribution is 5.74. The van der Waals surface area contributed by atoms with E-state index in [0.717, 1.165) is 0 Å². The first-order chi connectivity index (χ1) is 11.4. The van der Waals surface area contributed by atoms with E-state index in [1.165, 1.54) is 17.9 Å². The van der Waals surface area contributed by atoms with Crippen LogP contribution in [0.15, 0.2) is 6.20 Å². The number of methoxy groups -OCH3 is 1. The number of carbonyl (C=O) groups excluding carboxylic acids is 2. The van der Waals surface area contributed by atoms with E-state index in [4.69, 9.17) is 14.2 Å². The summed E-state index contributed by atoms with van der Waals surface area (Å²) in [6.07, 6.45) is 0.564. The molecule has 1 amide bonds. The average molecular weight is 353 g/mol. The molecule has 0 aromatic carbocycles. The zero-order chi connectivity index (χ0) is 19.0. The number of hydrogen-bond donors (Lipinski definition) is 0. The van der Waals surface area contributed by atoms with Crippen LogP contribution in [0.1, 0.15) is 53.3 Å². The normalized spacial score (nSPS) is 15.6. The van der Waals surface area contributed by atoms with Gasteiger partial charge in [-0.25, -0.2) is 19.1 Å². The number of hydrogen-bond acceptors (Lipinski definition) is 6. The quantitative estimate of drug-likeness (QED) is 0.813. The molecule has 0 radical (unpaired) electrons. The van der Waals surface area contributed by atoms with Gasteiger partial charge in [0.15, 0.2) is 0 Å². The zero-order valence-corrected chi connectivity index (χ0v) is 16.0. The fraction of sp³-hybridized carbons (Fsp3) is 0.706. The molecule has 0 atom stereocenters. The highest BCUT2D eigenvalue weighted by Crippen LogP contribution is 2.30. The van der Waals surface area contributed by atoms with Crippen molar-refractivity contribution in [3.8, 4) is 5.88 Å². The minimum Gasteiger partial charge on any atom is -0.481 e. The number of ether oxygens (including phenoxy) is 3. The number of aromatic nitrogens is 2. The van der Waals surface area contributed by atoms with Crippen LogP contribution in [0.3, 0.4) is 0 Å². The third kappa shape index (κ3) is 4.64. The molecule has 2 rings (SSSR count). The number of imidazole rings is 1. The van der Waals surface area contributed by atoms with E-state index in [1.807, 2.05) is 20.8 Å². The van der Waals surface area contributed by atoms with Crippen molar-refractivity contribution in [1.29, 1.82) is 0 Å². The molecule has 25 heavy (non-hydrogen) atoms. The minimum atomic E-state index is -0.633. The Morgan fingerprint density at radius 1 is 1.04 bits per heavy atom. The van der Waals surface area contributed by atoms with Crippen molar-refractivity contribution in [3.05, 3.63) is 12.0 Å². The summed E-state index contributed by atoms with van der Waals surface area (Å²) in [5.41, 5.74) is -1.17. The molecule has 1 aliphatic heterocycles. The third-order valence-corrected chi connectivity index (χ3v) is 3.44. The second-order valence-electron chi connectivity index (χ2n) is 8.06. The van der Waals surface area contributed by atoms with Gasteiger partial charge in [0, 0.05) is 13.1 Å². The number of amides is 1. The van der Waals surface area contributed by atoms with Gasteiger partial charge in [-0.2, -0.15) is 0 Å². The number of carbonyl (C=O) groups is 2. The molecule has 0 saturated carbocycles. The van der Waals surface area contributed by atoms with Gasteiger partial charge in [0.1, 0.15) is 17.0 Å². The van der Waals surface area contributed by atoms with Gasteiger partial charge in [0.05, 0.1) is 19.2 Å². The van der Waals surface area contributed by atoms with Gasteiger partial charge in [-0.05, 0) is 41.5 Å². The monoisotopic (exact) mass is 353 g/mol. The summed E-state index contributed by atoms with van der Waals surface area (Å²) in [6.45, 7) is 11.7. The van der Waals surface area contributed by atoms with E-state index in [9.17, 15) is 9.59 Å². The molecule has 1 saturated heterocycles. The summed E-state index contributed by atoms with van der Waals surface area (Å²) < 4.78 is 17.3. The lowest BCUT2D eigenvalue weighted by Crippen LogP contribution is -2.51. The van der Waals surface area contributed by atoms with Gasteiger partial charge in [-0.15, -0.1) is 0 Å². The van der Waals surface area contributed by atoms with E-state index in [1.54, 1.807) is 25.7 Å². The van der Waals surface area contributed by atoms with Crippen molar-refractivity contribution in [2.45, 2.75) is 58.7 Å². The highest BCUT2D eigenvalue weighted by atomic mass is 16.6. The molecule has 1 fully saturated rings. The van der Waals surface area contributed by atoms with Crippen LogP contribution >= 0.6 is 0 Å². The van der Waals surface area contributed by atoms with Crippen LogP contribution in [0.2, 0.25) is 0 Å². The second kappa shape index (κ2) is 6.57. The van der Waals surface area contributed by atoms with E-state index in [2.05, 4.69) is 4.98 Å². The molecule has 0 bridgehead atoms. The van der Waals surface area contributed by atoms with Crippen LogP contribution < -0.4 is 4.74 Å². The van der Waals surface area contributed by atoms with Crippen molar-refractivity contribution < 1.29 is 23.8 Å². The molecule has 0 spiro atoms. The third-order valence-electron chi connectivity index (χ3n) is 3.44. The first-order valence-electron chi connectivity index (χ1n) is 8.24. The standard InChI is InChI=1S/C17H27N3O5/c1-16(2,3)24-14(21)19-9-11(10-19)13-18-8-12(23-7)20(13)15(22)25-17(4,5)6/h8,11H,9-10H2,1-7H3. The van der Waals surface area contributed by atoms with Gasteiger partial charge in [0.25, 0.3) is 0 Å². The van der Waals surface area contributed by atoms with E-state index >= 15 is 0 Å². The van der Waals surface area contributed by atoms with Crippen molar-refractivity contribution in [1.82, 2.24) is 14.5 Å². The number of likely N-dealkylation sites (tertiary alicyclic amines) is 1. The summed E-state index contributed by atoms with van der Waals surface area (Å²) in [6, 6.07) is 0. The topological polar surface area (TPSA) is 82.9 Å². The van der Waals surface area contributed by atoms with Gasteiger partial charge < -0.3 is 19.1 Å². The molecule has 0 unspecified atom stereocenters. The van der Waals surface area contributed by atoms with Crippen LogP contribution in [-0.2, 0) is 9.47 Å². The number of rotatable bonds is 2. The maximum atomic E-state index is 12.5. The smallest absolute Gasteiger partial charge is 0.422 e. The SMILES string of the molecule is COc1cnc(C2CN(C(=O)OC(C)(C)C)C2)n1C(=O)OC(C)(C)C. The highest BCUT2D eigenvalue weighted by Gasteiger charge is 2.39. The Bertz CT molecular complexity index is 648. The first-order valence-corrected chi connectivity index (χ1v) is 8.24. The van der Waals surface area contributed by atoms with Crippen molar-refractivity contribution in [2.24, 2.45) is 0 Å². The Morgan fingerprint density at radius 2 is 1.56 bits per heavy atom. The average Bonchev–Trinajstić information content (AvgIpc) is 2.76. The van der Waals surface area contributed by atoms with E-state index < -0.39 is 17.3 Å². The predicted molar refractivity (Wildman–Crippen MR) is 91.0 cm³/mol. The Hall–Kier alpha value is -2.25. The molecular weight excluding hydrogens is 326 g/mol. The Balaban J connectivity index is 2.11. The summed E-state index contributed by atoms with van der Waals surface area (Å²) in [4.78, 5) is 30.4. The molecule has 1 aliphatic rings. The summed E-state index contributed by atoms with van der Waals surface area (Å²) in [5, 5.41) is 0. The Kier molecular flexibility index (Phi) is 5.02. The molecule has 8 heteroatoms. The van der Waals surface area contributed by atoms with E-state index in [-0.39, 0.29) is 12.0 Å². The lowest BCUT2D eigenvalue weighted by molar-refractivity contribution is 0.00708. The van der Waals surface area contributed by atoms with Crippen LogP contribution in [0.5, 0.6) is 5.88 Å². The van der Waals surface area contributed by atoms with Crippen molar-refractivity contribution in [3.63, 3.8) is 0 Å². The van der Waals surface area contributed by atoms with Crippen LogP contribution in [0.25, 0.3) is 0 Å². The molecule has 8 nitrogen and oxygen atoms in total. The molecule has 140 valence electrons. The van der Waals surface area contributed by atoms with Crippen molar-refractivity contribution >= 4 is 12.2 Å². The Morgan fingerprint density at radius 3 is 2.04 bits per heavy atom. The van der Waals surface area contributed by atoms with Crippen LogP contribution in [0.4, 0.5) is 9.59 Å². The maximum Gasteiger partial charge on any atom is 0.422 e. The predicted octanol–water partition coefficient (Wildman–Crippen LogP) is 3.01. The van der Waals surface area contributed by atoms with Gasteiger partial charge in [-0.1, -0.05) is 0 Å². The van der Waals surface area contributed by atoms with E-state index in [0.29, 0.717) is 24.8 Å². The van der Waals surface area contributed by atoms with Gasteiger partial charge >= 0.3 is 12.2 Å². The minimum absolute atomic E-state index is 0.0797. The van der Waals surface area contributed by atoms with Gasteiger partial charge in [-0.3, -0.25) is 0 Å². The van der Waals surface area contributed by atoms with Crippen LogP contribution in [-0.4, -0.2) is 58.0 Å². The fourth-order valence-electron chi connectivity index (χ4n) is 2.39. The van der Waals surface area contributed by atoms with Crippen molar-refractivity contribution in [2.75, 3.05) is 20.2 Å². The first kappa shape index (κ1) is 19.1. The molecule has 0 aliphatic carbocycles. The second-order valence-corrected chi connectivity index (χ2v) is 8.06. The summed E-state index contributed by atoms with van der Waals surface area (Å²) in [7, 11) is 1.47. The zero-order valence-electron chi connectivity index (χ0n) is 16.0. The van der Waals surface area contributed by atoms with Crippen LogP contribution in [0, 0.1) is 0 Å². The summed E-state index contributed by atoms with van der Waals surface area (Å²) in [5.74, 6) is 0.745. The lowest BCUT2D eigenvalue weighted by Gasteiger charge is -2.39. The fourth-order valence-corrected chi connectivity index (χ4v) is 2.39. The molecule has 2 heterocycles. The Labute approximate surface area is 148 Å². The van der Waals surface area contributed by atoms with Gasteiger partial charge in [0.2, 0.25) is 5.88 Å². The molecule has 1 aromatic heterocycles. The maximum absolute atomic E-state index is 12.5.